The average molecular weight is 252 g/mol. The number of aliphatic carboxylic acids is 1. The summed E-state index contributed by atoms with van der Waals surface area (Å²) in [5, 5.41) is 10.7. The zero-order valence-corrected chi connectivity index (χ0v) is 13.1. The van der Waals surface area contributed by atoms with E-state index in [1.165, 1.54) is 32.1 Å². The predicted molar refractivity (Wildman–Crippen MR) is 69.0 cm³/mol. The first kappa shape index (κ1) is 19.3. The van der Waals surface area contributed by atoms with Gasteiger partial charge in [-0.05, 0) is 6.42 Å². The van der Waals surface area contributed by atoms with E-state index < -0.39 is 5.97 Å². The molecule has 4 nitrogen and oxygen atoms in total. The number of carboxylic acid groups (broad SMARTS) is 1. The van der Waals surface area contributed by atoms with Crippen molar-refractivity contribution in [2.75, 3.05) is 6.54 Å². The topological polar surface area (TPSA) is 66.4 Å². The zero-order valence-electron chi connectivity index (χ0n) is 11.1. The van der Waals surface area contributed by atoms with Crippen LogP contribution >= 0.6 is 0 Å². The van der Waals surface area contributed by atoms with E-state index in [9.17, 15) is 9.59 Å². The first-order valence-electron chi connectivity index (χ1n) is 6.15. The van der Waals surface area contributed by atoms with Crippen molar-refractivity contribution >= 4 is 41.4 Å². The maximum atomic E-state index is 11.1. The van der Waals surface area contributed by atoms with Crippen LogP contribution in [0.25, 0.3) is 0 Å². The van der Waals surface area contributed by atoms with Crippen molar-refractivity contribution in [2.45, 2.75) is 58.3 Å². The molecule has 0 rings (SSSR count). The molecule has 2 N–H and O–H groups in total. The summed E-state index contributed by atoms with van der Waals surface area (Å²) in [4.78, 5) is 21.3. The summed E-state index contributed by atoms with van der Waals surface area (Å²) in [6, 6.07) is 0. The van der Waals surface area contributed by atoms with Crippen LogP contribution in [-0.2, 0) is 9.59 Å². The standard InChI is InChI=1S/C12H23NO3.Na/c1-2-3-4-5-6-7-8-9-11(14)13-10-12(15)16;/h2-10H2,1H3,(H,13,14)(H,15,16);. The van der Waals surface area contributed by atoms with Gasteiger partial charge >= 0.3 is 5.97 Å². The van der Waals surface area contributed by atoms with E-state index >= 15 is 0 Å². The fraction of sp³-hybridized carbons (Fsp3) is 0.833. The van der Waals surface area contributed by atoms with Gasteiger partial charge in [0.2, 0.25) is 5.91 Å². The first-order chi connectivity index (χ1) is 7.66. The van der Waals surface area contributed by atoms with E-state index in [2.05, 4.69) is 12.2 Å². The van der Waals surface area contributed by atoms with Crippen LogP contribution in [0.1, 0.15) is 58.3 Å². The van der Waals surface area contributed by atoms with Gasteiger partial charge in [-0.25, -0.2) is 0 Å². The van der Waals surface area contributed by atoms with Gasteiger partial charge in [0, 0.05) is 36.0 Å². The molecule has 0 saturated heterocycles. The Morgan fingerprint density at radius 1 is 1.00 bits per heavy atom. The van der Waals surface area contributed by atoms with E-state index in [0.717, 1.165) is 12.8 Å². The minimum Gasteiger partial charge on any atom is -0.480 e. The van der Waals surface area contributed by atoms with Crippen LogP contribution in [0.15, 0.2) is 0 Å². The summed E-state index contributed by atoms with van der Waals surface area (Å²) < 4.78 is 0. The van der Waals surface area contributed by atoms with Gasteiger partial charge < -0.3 is 10.4 Å². The number of carbonyl (C=O) groups excluding carboxylic acids is 1. The van der Waals surface area contributed by atoms with E-state index in [0.29, 0.717) is 6.42 Å². The maximum Gasteiger partial charge on any atom is 0.322 e. The van der Waals surface area contributed by atoms with E-state index in [1.54, 1.807) is 0 Å². The Bertz CT molecular complexity index is 210. The third-order valence-electron chi connectivity index (χ3n) is 2.44. The normalized spacial score (nSPS) is 9.47. The van der Waals surface area contributed by atoms with Gasteiger partial charge in [0.25, 0.3) is 0 Å². The van der Waals surface area contributed by atoms with Gasteiger partial charge in [-0.15, -0.1) is 0 Å². The second-order valence-corrected chi connectivity index (χ2v) is 4.04. The fourth-order valence-corrected chi connectivity index (χ4v) is 1.51. The summed E-state index contributed by atoms with van der Waals surface area (Å²) in [5.74, 6) is -1.15. The molecule has 0 unspecified atom stereocenters. The molecular weight excluding hydrogens is 229 g/mol. The molecule has 0 aliphatic rings. The smallest absolute Gasteiger partial charge is 0.322 e. The molecule has 0 aliphatic heterocycles. The van der Waals surface area contributed by atoms with Gasteiger partial charge in [0.1, 0.15) is 6.54 Å². The summed E-state index contributed by atoms with van der Waals surface area (Å²) in [6.07, 6.45) is 8.60. The number of carbonyl (C=O) groups is 2. The Morgan fingerprint density at radius 3 is 2.06 bits per heavy atom. The molecule has 17 heavy (non-hydrogen) atoms. The Labute approximate surface area is 126 Å². The molecule has 0 aliphatic carbocycles. The number of rotatable bonds is 10. The Kier molecular flexibility index (Phi) is 15.9. The Morgan fingerprint density at radius 2 is 1.53 bits per heavy atom. The molecular formula is C12H23NNaO3. The number of nitrogens with one attached hydrogen (secondary N) is 1. The molecule has 1 amide bonds. The number of hydrogen-bond acceptors (Lipinski definition) is 2. The van der Waals surface area contributed by atoms with Gasteiger partial charge in [-0.3, -0.25) is 9.59 Å². The van der Waals surface area contributed by atoms with Crippen molar-refractivity contribution in [2.24, 2.45) is 0 Å². The monoisotopic (exact) mass is 252 g/mol. The predicted octanol–water partition coefficient (Wildman–Crippen LogP) is 1.95. The summed E-state index contributed by atoms with van der Waals surface area (Å²) >= 11 is 0. The van der Waals surface area contributed by atoms with Crippen LogP contribution in [0.4, 0.5) is 0 Å². The van der Waals surface area contributed by atoms with Crippen molar-refractivity contribution in [1.29, 1.82) is 0 Å². The van der Waals surface area contributed by atoms with Crippen LogP contribution in [0.2, 0.25) is 0 Å². The third kappa shape index (κ3) is 15.9. The molecule has 5 heteroatoms. The average Bonchev–Trinajstić information content (AvgIpc) is 2.25. The second kappa shape index (κ2) is 14.0. The molecule has 0 aromatic heterocycles. The van der Waals surface area contributed by atoms with Gasteiger partial charge in [0.15, 0.2) is 0 Å². The minimum absolute atomic E-state index is 0. The van der Waals surface area contributed by atoms with Gasteiger partial charge in [-0.1, -0.05) is 45.4 Å². The van der Waals surface area contributed by atoms with Crippen molar-refractivity contribution in [1.82, 2.24) is 5.32 Å². The SMILES string of the molecule is CCCCCCCCCC(=O)NCC(=O)O.[Na]. The second-order valence-electron chi connectivity index (χ2n) is 4.04. The minimum atomic E-state index is -0.993. The third-order valence-corrected chi connectivity index (χ3v) is 2.44. The van der Waals surface area contributed by atoms with Crippen LogP contribution < -0.4 is 5.32 Å². The van der Waals surface area contributed by atoms with Crippen molar-refractivity contribution in [3.05, 3.63) is 0 Å². The number of hydrogen-bond donors (Lipinski definition) is 2. The molecule has 0 heterocycles. The van der Waals surface area contributed by atoms with Crippen molar-refractivity contribution in [3.63, 3.8) is 0 Å². The van der Waals surface area contributed by atoms with Crippen LogP contribution in [0.3, 0.4) is 0 Å². The fourth-order valence-electron chi connectivity index (χ4n) is 1.51. The van der Waals surface area contributed by atoms with Gasteiger partial charge in [0.05, 0.1) is 0 Å². The van der Waals surface area contributed by atoms with E-state index in [1.807, 2.05) is 0 Å². The molecule has 1 radical (unpaired) electrons. The molecule has 0 spiro atoms. The van der Waals surface area contributed by atoms with Crippen LogP contribution in [0.5, 0.6) is 0 Å². The van der Waals surface area contributed by atoms with E-state index in [-0.39, 0.29) is 42.0 Å². The Balaban J connectivity index is 0. The molecule has 0 saturated carbocycles. The Hall–Kier alpha value is -0.0600. The van der Waals surface area contributed by atoms with Crippen LogP contribution in [0, 0.1) is 0 Å². The molecule has 0 bridgehead atoms. The first-order valence-corrected chi connectivity index (χ1v) is 6.15. The molecule has 0 atom stereocenters. The summed E-state index contributed by atoms with van der Waals surface area (Å²) in [7, 11) is 0. The quantitative estimate of drug-likeness (QED) is 0.461. The summed E-state index contributed by atoms with van der Waals surface area (Å²) in [6.45, 7) is 1.92. The summed E-state index contributed by atoms with van der Waals surface area (Å²) in [5.41, 5.74) is 0. The van der Waals surface area contributed by atoms with Gasteiger partial charge in [-0.2, -0.15) is 0 Å². The number of amides is 1. The molecule has 95 valence electrons. The molecule has 0 aromatic carbocycles. The largest absolute Gasteiger partial charge is 0.480 e. The van der Waals surface area contributed by atoms with Crippen LogP contribution in [-0.4, -0.2) is 53.1 Å². The zero-order chi connectivity index (χ0) is 12.2. The van der Waals surface area contributed by atoms with Crippen molar-refractivity contribution in [3.8, 4) is 0 Å². The molecule has 0 fully saturated rings. The number of carboxylic acids is 1. The van der Waals surface area contributed by atoms with E-state index in [4.69, 9.17) is 5.11 Å². The maximum absolute atomic E-state index is 11.1. The number of unbranched alkanes of at least 4 members (excludes halogenated alkanes) is 6. The van der Waals surface area contributed by atoms with Crippen molar-refractivity contribution < 1.29 is 14.7 Å². The molecule has 0 aromatic rings.